The number of aliphatic hydroxyl groups is 2. The van der Waals surface area contributed by atoms with Crippen LogP contribution in [0, 0.1) is 0 Å². The molecule has 0 spiro atoms. The summed E-state index contributed by atoms with van der Waals surface area (Å²) < 4.78 is 12.7. The standard InChI is InChI=1S/C18H19N5O5/c24-7-13-12(25)6-15(28-13)23-10-21-16-17(19-9-20-18(16)23)22-14(26)8-27-11-4-2-1-3-5-11/h1-5,9-10,12-13,15,24-25H,6-8H2,(H,19,20,22,26)/t12?,13-,15-/m1/s1. The molecular weight excluding hydrogens is 366 g/mol. The van der Waals surface area contributed by atoms with Crippen LogP contribution in [0.5, 0.6) is 5.75 Å². The van der Waals surface area contributed by atoms with Crippen molar-refractivity contribution in [2.24, 2.45) is 0 Å². The Morgan fingerprint density at radius 1 is 1.29 bits per heavy atom. The molecule has 3 aromatic rings. The Morgan fingerprint density at radius 3 is 2.86 bits per heavy atom. The first-order valence-electron chi connectivity index (χ1n) is 8.75. The lowest BCUT2D eigenvalue weighted by atomic mass is 10.2. The largest absolute Gasteiger partial charge is 0.484 e. The van der Waals surface area contributed by atoms with Gasteiger partial charge in [0.25, 0.3) is 5.91 Å². The molecule has 1 amide bonds. The van der Waals surface area contributed by atoms with Crippen molar-refractivity contribution in [1.29, 1.82) is 0 Å². The number of hydrogen-bond donors (Lipinski definition) is 3. The summed E-state index contributed by atoms with van der Waals surface area (Å²) in [6.07, 6.45) is 1.17. The van der Waals surface area contributed by atoms with Gasteiger partial charge in [-0.3, -0.25) is 9.36 Å². The van der Waals surface area contributed by atoms with Crippen molar-refractivity contribution in [3.63, 3.8) is 0 Å². The molecule has 0 saturated carbocycles. The average Bonchev–Trinajstić information content (AvgIpc) is 3.31. The number of carbonyl (C=O) groups is 1. The maximum atomic E-state index is 12.2. The molecule has 1 aliphatic heterocycles. The number of imidazole rings is 1. The number of para-hydroxylation sites is 1. The fourth-order valence-electron chi connectivity index (χ4n) is 3.04. The number of rotatable bonds is 6. The molecule has 3 atom stereocenters. The van der Waals surface area contributed by atoms with E-state index in [9.17, 15) is 15.0 Å². The summed E-state index contributed by atoms with van der Waals surface area (Å²) in [6.45, 7) is -0.450. The molecule has 1 fully saturated rings. The molecule has 10 nitrogen and oxygen atoms in total. The number of ether oxygens (including phenoxy) is 2. The van der Waals surface area contributed by atoms with E-state index >= 15 is 0 Å². The third-order valence-corrected chi connectivity index (χ3v) is 4.42. The van der Waals surface area contributed by atoms with E-state index in [0.29, 0.717) is 23.3 Å². The van der Waals surface area contributed by atoms with Crippen molar-refractivity contribution in [2.45, 2.75) is 24.9 Å². The van der Waals surface area contributed by atoms with Crippen LogP contribution in [0.25, 0.3) is 11.2 Å². The molecule has 1 aliphatic rings. The van der Waals surface area contributed by atoms with Crippen LogP contribution in [-0.4, -0.2) is 61.1 Å². The summed E-state index contributed by atoms with van der Waals surface area (Å²) in [5, 5.41) is 21.8. The van der Waals surface area contributed by atoms with E-state index in [0.717, 1.165) is 0 Å². The smallest absolute Gasteiger partial charge is 0.263 e. The summed E-state index contributed by atoms with van der Waals surface area (Å²) in [7, 11) is 0. The maximum absolute atomic E-state index is 12.2. The Hall–Kier alpha value is -3.08. The Balaban J connectivity index is 1.48. The second-order valence-electron chi connectivity index (χ2n) is 6.31. The predicted molar refractivity (Wildman–Crippen MR) is 97.5 cm³/mol. The molecule has 3 N–H and O–H groups in total. The summed E-state index contributed by atoms with van der Waals surface area (Å²) in [4.78, 5) is 24.8. The molecule has 3 heterocycles. The number of aliphatic hydroxyl groups excluding tert-OH is 2. The zero-order valence-corrected chi connectivity index (χ0v) is 14.8. The van der Waals surface area contributed by atoms with Crippen LogP contribution in [0.1, 0.15) is 12.6 Å². The van der Waals surface area contributed by atoms with Crippen LogP contribution in [0.2, 0.25) is 0 Å². The second-order valence-corrected chi connectivity index (χ2v) is 6.31. The van der Waals surface area contributed by atoms with E-state index in [1.807, 2.05) is 18.2 Å². The van der Waals surface area contributed by atoms with Gasteiger partial charge in [0.1, 0.15) is 24.4 Å². The molecule has 0 bridgehead atoms. The van der Waals surface area contributed by atoms with Crippen LogP contribution in [0.15, 0.2) is 43.0 Å². The lowest BCUT2D eigenvalue weighted by Crippen LogP contribution is -2.24. The molecule has 2 aromatic heterocycles. The lowest BCUT2D eigenvalue weighted by molar-refractivity contribution is -0.118. The van der Waals surface area contributed by atoms with Gasteiger partial charge in [-0.1, -0.05) is 18.2 Å². The molecule has 1 unspecified atom stereocenters. The first-order valence-corrected chi connectivity index (χ1v) is 8.75. The zero-order valence-electron chi connectivity index (χ0n) is 14.8. The Morgan fingerprint density at radius 2 is 2.11 bits per heavy atom. The topological polar surface area (TPSA) is 132 Å². The minimum atomic E-state index is -0.774. The third-order valence-electron chi connectivity index (χ3n) is 4.42. The van der Waals surface area contributed by atoms with Gasteiger partial charge in [0.2, 0.25) is 0 Å². The number of benzene rings is 1. The van der Waals surface area contributed by atoms with Crippen LogP contribution in [0.3, 0.4) is 0 Å². The Labute approximate surface area is 159 Å². The highest BCUT2D eigenvalue weighted by molar-refractivity contribution is 5.97. The Kier molecular flexibility index (Phi) is 5.15. The van der Waals surface area contributed by atoms with Gasteiger partial charge in [-0.05, 0) is 12.1 Å². The molecule has 146 valence electrons. The van der Waals surface area contributed by atoms with Gasteiger partial charge >= 0.3 is 0 Å². The van der Waals surface area contributed by atoms with Gasteiger partial charge in [0.05, 0.1) is 19.0 Å². The lowest BCUT2D eigenvalue weighted by Gasteiger charge is -2.13. The first-order chi connectivity index (χ1) is 13.7. The SMILES string of the molecule is O=C(COc1ccccc1)Nc1ncnc2c1ncn2[C@H]1CC(O)[C@@H](CO)O1. The van der Waals surface area contributed by atoms with E-state index in [-0.39, 0.29) is 24.9 Å². The maximum Gasteiger partial charge on any atom is 0.263 e. The van der Waals surface area contributed by atoms with Crippen molar-refractivity contribution in [2.75, 3.05) is 18.5 Å². The van der Waals surface area contributed by atoms with Crippen molar-refractivity contribution >= 4 is 22.9 Å². The predicted octanol–water partition coefficient (Wildman–Crippen LogP) is 0.484. The van der Waals surface area contributed by atoms with Crippen LogP contribution < -0.4 is 10.1 Å². The molecule has 10 heteroatoms. The molecule has 4 rings (SSSR count). The summed E-state index contributed by atoms with van der Waals surface area (Å²) in [5.74, 6) is 0.457. The van der Waals surface area contributed by atoms with Crippen molar-refractivity contribution in [3.8, 4) is 5.75 Å². The van der Waals surface area contributed by atoms with Crippen molar-refractivity contribution < 1.29 is 24.5 Å². The molecule has 0 radical (unpaired) electrons. The fraction of sp³-hybridized carbons (Fsp3) is 0.333. The molecule has 1 aromatic carbocycles. The van der Waals surface area contributed by atoms with Gasteiger partial charge in [-0.15, -0.1) is 0 Å². The monoisotopic (exact) mass is 385 g/mol. The van der Waals surface area contributed by atoms with Crippen LogP contribution >= 0.6 is 0 Å². The van der Waals surface area contributed by atoms with E-state index < -0.39 is 18.4 Å². The third kappa shape index (κ3) is 3.65. The van der Waals surface area contributed by atoms with Gasteiger partial charge in [-0.2, -0.15) is 0 Å². The number of fused-ring (bicyclic) bond motifs is 1. The molecule has 1 saturated heterocycles. The zero-order chi connectivity index (χ0) is 19.5. The summed E-state index contributed by atoms with van der Waals surface area (Å²) >= 11 is 0. The minimum Gasteiger partial charge on any atom is -0.484 e. The van der Waals surface area contributed by atoms with Gasteiger partial charge < -0.3 is 25.0 Å². The van der Waals surface area contributed by atoms with E-state index in [1.54, 1.807) is 16.7 Å². The Bertz CT molecular complexity index is 963. The first kappa shape index (κ1) is 18.3. The quantitative estimate of drug-likeness (QED) is 0.558. The summed E-state index contributed by atoms with van der Waals surface area (Å²) in [6, 6.07) is 9.01. The fourth-order valence-corrected chi connectivity index (χ4v) is 3.04. The van der Waals surface area contributed by atoms with Gasteiger partial charge in [-0.25, -0.2) is 15.0 Å². The van der Waals surface area contributed by atoms with Gasteiger partial charge in [0, 0.05) is 6.42 Å². The summed E-state index contributed by atoms with van der Waals surface area (Å²) in [5.41, 5.74) is 0.839. The number of nitrogens with one attached hydrogen (secondary N) is 1. The van der Waals surface area contributed by atoms with Crippen LogP contribution in [-0.2, 0) is 9.53 Å². The number of amides is 1. The van der Waals surface area contributed by atoms with E-state index in [2.05, 4.69) is 20.3 Å². The molecular formula is C18H19N5O5. The number of hydrogen-bond acceptors (Lipinski definition) is 8. The normalized spacial score (nSPS) is 21.7. The van der Waals surface area contributed by atoms with Crippen molar-refractivity contribution in [3.05, 3.63) is 43.0 Å². The number of nitrogens with zero attached hydrogens (tertiary/aromatic N) is 4. The number of anilines is 1. The van der Waals surface area contributed by atoms with E-state index in [4.69, 9.17) is 9.47 Å². The van der Waals surface area contributed by atoms with Crippen LogP contribution in [0.4, 0.5) is 5.82 Å². The van der Waals surface area contributed by atoms with Crippen molar-refractivity contribution in [1.82, 2.24) is 19.5 Å². The minimum absolute atomic E-state index is 0.174. The highest BCUT2D eigenvalue weighted by Gasteiger charge is 2.35. The van der Waals surface area contributed by atoms with Gasteiger partial charge in [0.15, 0.2) is 23.6 Å². The molecule has 0 aliphatic carbocycles. The highest BCUT2D eigenvalue weighted by Crippen LogP contribution is 2.31. The van der Waals surface area contributed by atoms with E-state index in [1.165, 1.54) is 12.7 Å². The average molecular weight is 385 g/mol. The number of aromatic nitrogens is 4. The number of carbonyl (C=O) groups excluding carboxylic acids is 1. The second kappa shape index (κ2) is 7.89. The molecule has 28 heavy (non-hydrogen) atoms. The highest BCUT2D eigenvalue weighted by atomic mass is 16.5.